The van der Waals surface area contributed by atoms with Crippen LogP contribution >= 0.6 is 0 Å². The smallest absolute Gasteiger partial charge is 0.466 e. The molecule has 1 aliphatic carbocycles. The first-order valence-electron chi connectivity index (χ1n) is 7.36. The highest BCUT2D eigenvalue weighted by atomic mass is 19.4. The van der Waals surface area contributed by atoms with Crippen LogP contribution in [0.2, 0.25) is 0 Å². The highest BCUT2D eigenvalue weighted by Gasteiger charge is 2.44. The minimum Gasteiger partial charge on any atom is -0.466 e. The summed E-state index contributed by atoms with van der Waals surface area (Å²) in [6.45, 7) is 2.11. The lowest BCUT2D eigenvalue weighted by molar-refractivity contribution is -0.274. The van der Waals surface area contributed by atoms with Gasteiger partial charge in [-0.1, -0.05) is 18.3 Å². The van der Waals surface area contributed by atoms with Crippen LogP contribution in [0.25, 0.3) is 0 Å². The van der Waals surface area contributed by atoms with E-state index in [1.807, 2.05) is 0 Å². The van der Waals surface area contributed by atoms with Crippen molar-refractivity contribution >= 4 is 5.97 Å². The second-order valence-electron chi connectivity index (χ2n) is 5.41. The van der Waals surface area contributed by atoms with E-state index >= 15 is 0 Å². The van der Waals surface area contributed by atoms with Crippen molar-refractivity contribution in [3.05, 3.63) is 29.8 Å². The molecule has 124 valence electrons. The Kier molecular flexibility index (Phi) is 5.19. The Morgan fingerprint density at radius 2 is 1.91 bits per heavy atom. The molecule has 0 saturated heterocycles. The van der Waals surface area contributed by atoms with Crippen molar-refractivity contribution in [2.24, 2.45) is 5.41 Å². The highest BCUT2D eigenvalue weighted by Crippen LogP contribution is 2.44. The van der Waals surface area contributed by atoms with E-state index in [-0.39, 0.29) is 11.7 Å². The molecular formula is C17H17F3O3. The van der Waals surface area contributed by atoms with Crippen molar-refractivity contribution in [3.8, 4) is 17.6 Å². The monoisotopic (exact) mass is 326 g/mol. The van der Waals surface area contributed by atoms with E-state index in [2.05, 4.69) is 16.6 Å². The number of alkyl halides is 3. The lowest BCUT2D eigenvalue weighted by Gasteiger charge is -2.37. The van der Waals surface area contributed by atoms with Crippen molar-refractivity contribution in [2.45, 2.75) is 39.0 Å². The Morgan fingerprint density at radius 1 is 1.26 bits per heavy atom. The molecule has 3 nitrogen and oxygen atoms in total. The zero-order valence-corrected chi connectivity index (χ0v) is 12.7. The molecule has 0 N–H and O–H groups in total. The maximum Gasteiger partial charge on any atom is 0.573 e. The average Bonchev–Trinajstić information content (AvgIpc) is 2.42. The van der Waals surface area contributed by atoms with Gasteiger partial charge in [-0.15, -0.1) is 13.2 Å². The first-order chi connectivity index (χ1) is 10.8. The van der Waals surface area contributed by atoms with Gasteiger partial charge in [-0.3, -0.25) is 4.79 Å². The van der Waals surface area contributed by atoms with E-state index in [0.29, 0.717) is 18.6 Å². The number of hydrogen-bond acceptors (Lipinski definition) is 3. The standard InChI is InChI=1S/C17H17F3O3/c1-2-22-15(21)16(11-4-12-16)10-3-5-13-6-8-14(9-7-13)23-17(18,19)20/h6-9H,2,4,10-12H2,1H3. The van der Waals surface area contributed by atoms with E-state index in [1.165, 1.54) is 24.3 Å². The van der Waals surface area contributed by atoms with Crippen LogP contribution in [0.5, 0.6) is 5.75 Å². The van der Waals surface area contributed by atoms with Gasteiger partial charge in [-0.2, -0.15) is 0 Å². The summed E-state index contributed by atoms with van der Waals surface area (Å²) >= 11 is 0. The molecule has 2 rings (SSSR count). The van der Waals surface area contributed by atoms with Crippen LogP contribution in [0.1, 0.15) is 38.2 Å². The quantitative estimate of drug-likeness (QED) is 0.618. The van der Waals surface area contributed by atoms with Gasteiger partial charge in [0.1, 0.15) is 5.75 Å². The lowest BCUT2D eigenvalue weighted by Crippen LogP contribution is -2.39. The summed E-state index contributed by atoms with van der Waals surface area (Å²) < 4.78 is 45.1. The van der Waals surface area contributed by atoms with Crippen LogP contribution in [-0.4, -0.2) is 18.9 Å². The third-order valence-electron chi connectivity index (χ3n) is 3.77. The largest absolute Gasteiger partial charge is 0.573 e. The molecule has 0 atom stereocenters. The van der Waals surface area contributed by atoms with Gasteiger partial charge in [-0.05, 0) is 44.0 Å². The van der Waals surface area contributed by atoms with E-state index in [9.17, 15) is 18.0 Å². The molecule has 0 spiro atoms. The van der Waals surface area contributed by atoms with Crippen LogP contribution in [0, 0.1) is 17.3 Å². The van der Waals surface area contributed by atoms with Crippen LogP contribution in [0.4, 0.5) is 13.2 Å². The molecule has 0 aliphatic heterocycles. The number of esters is 1. The Balaban J connectivity index is 1.97. The molecule has 0 unspecified atom stereocenters. The minimum absolute atomic E-state index is 0.213. The zero-order chi connectivity index (χ0) is 16.9. The van der Waals surface area contributed by atoms with Gasteiger partial charge in [-0.25, -0.2) is 0 Å². The molecule has 0 aromatic heterocycles. The van der Waals surface area contributed by atoms with Gasteiger partial charge in [0, 0.05) is 12.0 Å². The van der Waals surface area contributed by atoms with Crippen molar-refractivity contribution in [1.82, 2.24) is 0 Å². The number of rotatable bonds is 4. The summed E-state index contributed by atoms with van der Waals surface area (Å²) in [5.41, 5.74) is 0.0559. The van der Waals surface area contributed by atoms with E-state index in [1.54, 1.807) is 6.92 Å². The third kappa shape index (κ3) is 4.65. The summed E-state index contributed by atoms with van der Waals surface area (Å²) in [7, 11) is 0. The van der Waals surface area contributed by atoms with Gasteiger partial charge in [0.25, 0.3) is 0 Å². The fourth-order valence-electron chi connectivity index (χ4n) is 2.40. The minimum atomic E-state index is -4.70. The summed E-state index contributed by atoms with van der Waals surface area (Å²) in [5, 5.41) is 0. The van der Waals surface area contributed by atoms with E-state index in [0.717, 1.165) is 19.3 Å². The molecule has 1 aliphatic rings. The Labute approximate surface area is 132 Å². The average molecular weight is 326 g/mol. The molecule has 1 fully saturated rings. The number of carbonyl (C=O) groups excluding carboxylic acids is 1. The molecule has 1 aromatic carbocycles. The number of carbonyl (C=O) groups is 1. The maximum atomic E-state index is 12.1. The molecule has 1 aromatic rings. The molecule has 0 heterocycles. The molecule has 6 heteroatoms. The van der Waals surface area contributed by atoms with Crippen molar-refractivity contribution < 1.29 is 27.4 Å². The second kappa shape index (κ2) is 6.95. The van der Waals surface area contributed by atoms with E-state index in [4.69, 9.17) is 4.74 Å². The highest BCUT2D eigenvalue weighted by molar-refractivity contribution is 5.78. The summed E-state index contributed by atoms with van der Waals surface area (Å²) in [6, 6.07) is 5.32. The van der Waals surface area contributed by atoms with Crippen LogP contribution in [0.3, 0.4) is 0 Å². The van der Waals surface area contributed by atoms with Crippen molar-refractivity contribution in [3.63, 3.8) is 0 Å². The first kappa shape index (κ1) is 17.2. The number of halogens is 3. The molecule has 0 amide bonds. The predicted octanol–water partition coefficient (Wildman–Crippen LogP) is 4.06. The number of benzene rings is 1. The molecule has 0 bridgehead atoms. The summed E-state index contributed by atoms with van der Waals surface area (Å²) in [5.74, 6) is 5.30. The second-order valence-corrected chi connectivity index (χ2v) is 5.41. The molecule has 1 saturated carbocycles. The van der Waals surface area contributed by atoms with Gasteiger partial charge >= 0.3 is 12.3 Å². The summed E-state index contributed by atoms with van der Waals surface area (Å²) in [4.78, 5) is 12.0. The number of ether oxygens (including phenoxy) is 2. The molecule has 0 radical (unpaired) electrons. The molecule has 23 heavy (non-hydrogen) atoms. The van der Waals surface area contributed by atoms with Crippen LogP contribution < -0.4 is 4.74 Å². The van der Waals surface area contributed by atoms with Crippen molar-refractivity contribution in [1.29, 1.82) is 0 Å². The third-order valence-corrected chi connectivity index (χ3v) is 3.77. The Hall–Kier alpha value is -2.16. The normalized spacial score (nSPS) is 15.8. The molecular weight excluding hydrogens is 309 g/mol. The predicted molar refractivity (Wildman–Crippen MR) is 77.5 cm³/mol. The van der Waals surface area contributed by atoms with E-state index < -0.39 is 11.8 Å². The van der Waals surface area contributed by atoms with Crippen LogP contribution in [-0.2, 0) is 9.53 Å². The number of hydrogen-bond donors (Lipinski definition) is 0. The fraction of sp³-hybridized carbons (Fsp3) is 0.471. The van der Waals surface area contributed by atoms with Gasteiger partial charge in [0.2, 0.25) is 0 Å². The lowest BCUT2D eigenvalue weighted by atomic mass is 9.67. The van der Waals surface area contributed by atoms with Gasteiger partial charge < -0.3 is 9.47 Å². The Morgan fingerprint density at radius 3 is 2.39 bits per heavy atom. The fourth-order valence-corrected chi connectivity index (χ4v) is 2.40. The topological polar surface area (TPSA) is 35.5 Å². The maximum absolute atomic E-state index is 12.1. The van der Waals surface area contributed by atoms with Crippen LogP contribution in [0.15, 0.2) is 24.3 Å². The zero-order valence-electron chi connectivity index (χ0n) is 12.7. The van der Waals surface area contributed by atoms with Crippen molar-refractivity contribution in [2.75, 3.05) is 6.61 Å². The summed E-state index contributed by atoms with van der Waals surface area (Å²) in [6.07, 6.45) is -1.81. The van der Waals surface area contributed by atoms with Gasteiger partial charge in [0.15, 0.2) is 0 Å². The first-order valence-corrected chi connectivity index (χ1v) is 7.36. The SMILES string of the molecule is CCOC(=O)C1(CC#Cc2ccc(OC(F)(F)F)cc2)CCC1. The van der Waals surface area contributed by atoms with Gasteiger partial charge in [0.05, 0.1) is 12.0 Å². The Bertz CT molecular complexity index is 605.